The zero-order valence-corrected chi connectivity index (χ0v) is 16.4. The van der Waals surface area contributed by atoms with Crippen LogP contribution in [0.2, 0.25) is 5.02 Å². The molecule has 27 heavy (non-hydrogen) atoms. The van der Waals surface area contributed by atoms with Gasteiger partial charge in [0, 0.05) is 42.6 Å². The lowest BCUT2D eigenvalue weighted by Gasteiger charge is -2.36. The molecule has 2 aromatic carbocycles. The quantitative estimate of drug-likeness (QED) is 0.817. The van der Waals surface area contributed by atoms with Gasteiger partial charge in [0.25, 0.3) is 0 Å². The third-order valence-corrected chi connectivity index (χ3v) is 5.02. The number of carbonyl (C=O) groups is 2. The zero-order chi connectivity index (χ0) is 19.4. The minimum Gasteiger partial charge on any atom is -0.368 e. The summed E-state index contributed by atoms with van der Waals surface area (Å²) in [6.07, 6.45) is -0.134. The molecule has 0 spiro atoms. The van der Waals surface area contributed by atoms with Crippen molar-refractivity contribution in [2.24, 2.45) is 0 Å². The fourth-order valence-corrected chi connectivity index (χ4v) is 3.39. The van der Waals surface area contributed by atoms with Gasteiger partial charge in [0.05, 0.1) is 0 Å². The molecule has 0 saturated carbocycles. The van der Waals surface area contributed by atoms with Crippen LogP contribution in [0.1, 0.15) is 17.5 Å². The molecule has 0 unspecified atom stereocenters. The maximum atomic E-state index is 12.5. The number of hydrogen-bond acceptors (Lipinski definition) is 3. The Balaban J connectivity index is 1.52. The van der Waals surface area contributed by atoms with Crippen molar-refractivity contribution in [3.8, 4) is 0 Å². The van der Waals surface area contributed by atoms with Gasteiger partial charge in [-0.1, -0.05) is 29.8 Å². The van der Waals surface area contributed by atoms with Gasteiger partial charge in [-0.05, 0) is 49.2 Å². The monoisotopic (exact) mass is 385 g/mol. The summed E-state index contributed by atoms with van der Waals surface area (Å²) in [6, 6.07) is 13.6. The largest absolute Gasteiger partial charge is 0.368 e. The first-order valence-corrected chi connectivity index (χ1v) is 9.45. The molecule has 0 aliphatic carbocycles. The Morgan fingerprint density at radius 3 is 2.48 bits per heavy atom. The van der Waals surface area contributed by atoms with Gasteiger partial charge in [-0.2, -0.15) is 0 Å². The fraction of sp³-hybridized carbons (Fsp3) is 0.333. The van der Waals surface area contributed by atoms with E-state index in [2.05, 4.69) is 10.2 Å². The molecule has 1 saturated heterocycles. The van der Waals surface area contributed by atoms with Crippen LogP contribution in [0.3, 0.4) is 0 Å². The van der Waals surface area contributed by atoms with Crippen molar-refractivity contribution in [3.05, 3.63) is 58.6 Å². The molecule has 2 aromatic rings. The van der Waals surface area contributed by atoms with E-state index >= 15 is 0 Å². The second-order valence-electron chi connectivity index (χ2n) is 6.89. The SMILES string of the molecule is Cc1ccc(C)c(NC(=O)CC(=O)N2CCN(c3cccc(Cl)c3)CC2)c1. The summed E-state index contributed by atoms with van der Waals surface area (Å²) in [4.78, 5) is 28.7. The Bertz CT molecular complexity index is 845. The van der Waals surface area contributed by atoms with E-state index in [1.807, 2.05) is 56.3 Å². The van der Waals surface area contributed by atoms with Crippen LogP contribution in [0.25, 0.3) is 0 Å². The number of halogens is 1. The first-order chi connectivity index (χ1) is 12.9. The first-order valence-electron chi connectivity index (χ1n) is 9.08. The molecule has 3 rings (SSSR count). The average Bonchev–Trinajstić information content (AvgIpc) is 2.65. The zero-order valence-electron chi connectivity index (χ0n) is 15.7. The Kier molecular flexibility index (Phi) is 6.01. The molecule has 2 amide bonds. The van der Waals surface area contributed by atoms with E-state index < -0.39 is 0 Å². The van der Waals surface area contributed by atoms with E-state index in [0.29, 0.717) is 18.1 Å². The predicted octanol–water partition coefficient (Wildman–Crippen LogP) is 3.63. The summed E-state index contributed by atoms with van der Waals surface area (Å²) in [6.45, 7) is 6.56. The molecule has 5 nitrogen and oxygen atoms in total. The minimum atomic E-state index is -0.272. The van der Waals surface area contributed by atoms with Crippen molar-refractivity contribution >= 4 is 34.8 Å². The summed E-state index contributed by atoms with van der Waals surface area (Å²) in [5.41, 5.74) is 3.87. The van der Waals surface area contributed by atoms with Gasteiger partial charge in [0.1, 0.15) is 6.42 Å². The fourth-order valence-electron chi connectivity index (χ4n) is 3.20. The predicted molar refractivity (Wildman–Crippen MR) is 109 cm³/mol. The number of carbonyl (C=O) groups excluding carboxylic acids is 2. The molecule has 1 N–H and O–H groups in total. The minimum absolute atomic E-state index is 0.134. The molecular formula is C21H24ClN3O2. The van der Waals surface area contributed by atoms with Crippen LogP contribution in [-0.2, 0) is 9.59 Å². The molecule has 1 fully saturated rings. The topological polar surface area (TPSA) is 52.7 Å². The Labute approximate surface area is 164 Å². The third kappa shape index (κ3) is 5.01. The van der Waals surface area contributed by atoms with Crippen LogP contribution in [0.5, 0.6) is 0 Å². The number of piperazine rings is 1. The highest BCUT2D eigenvalue weighted by Gasteiger charge is 2.23. The number of nitrogens with zero attached hydrogens (tertiary/aromatic N) is 2. The highest BCUT2D eigenvalue weighted by atomic mass is 35.5. The molecule has 6 heteroatoms. The maximum absolute atomic E-state index is 12.5. The van der Waals surface area contributed by atoms with Crippen LogP contribution in [0, 0.1) is 13.8 Å². The van der Waals surface area contributed by atoms with Crippen LogP contribution >= 0.6 is 11.6 Å². The number of hydrogen-bond donors (Lipinski definition) is 1. The summed E-state index contributed by atoms with van der Waals surface area (Å²) in [5, 5.41) is 3.55. The molecule has 0 atom stereocenters. The Hall–Kier alpha value is -2.53. The van der Waals surface area contributed by atoms with Gasteiger partial charge in [-0.25, -0.2) is 0 Å². The van der Waals surface area contributed by atoms with Gasteiger partial charge in [-0.15, -0.1) is 0 Å². The van der Waals surface area contributed by atoms with E-state index in [9.17, 15) is 9.59 Å². The van der Waals surface area contributed by atoms with E-state index in [-0.39, 0.29) is 18.2 Å². The second-order valence-corrected chi connectivity index (χ2v) is 7.33. The molecule has 1 heterocycles. The van der Waals surface area contributed by atoms with Crippen LogP contribution in [0.4, 0.5) is 11.4 Å². The molecular weight excluding hydrogens is 362 g/mol. The summed E-state index contributed by atoms with van der Waals surface area (Å²) in [7, 11) is 0. The highest BCUT2D eigenvalue weighted by Crippen LogP contribution is 2.21. The van der Waals surface area contributed by atoms with Crippen molar-refractivity contribution < 1.29 is 9.59 Å². The summed E-state index contributed by atoms with van der Waals surface area (Å²) in [5.74, 6) is -0.408. The lowest BCUT2D eigenvalue weighted by molar-refractivity contribution is -0.134. The molecule has 0 aromatic heterocycles. The van der Waals surface area contributed by atoms with Crippen LogP contribution in [-0.4, -0.2) is 42.9 Å². The summed E-state index contributed by atoms with van der Waals surface area (Å²) >= 11 is 6.05. The number of rotatable bonds is 4. The standard InChI is InChI=1S/C21H24ClN3O2/c1-15-6-7-16(2)19(12-15)23-20(26)14-21(27)25-10-8-24(9-11-25)18-5-3-4-17(22)13-18/h3-7,12-13H,8-11,14H2,1-2H3,(H,23,26). The van der Waals surface area contributed by atoms with Crippen molar-refractivity contribution in [1.82, 2.24) is 4.90 Å². The molecule has 0 radical (unpaired) electrons. The van der Waals surface area contributed by atoms with Crippen LogP contribution in [0.15, 0.2) is 42.5 Å². The van der Waals surface area contributed by atoms with Crippen molar-refractivity contribution in [1.29, 1.82) is 0 Å². The smallest absolute Gasteiger partial charge is 0.233 e. The van der Waals surface area contributed by atoms with Crippen molar-refractivity contribution in [3.63, 3.8) is 0 Å². The summed E-state index contributed by atoms with van der Waals surface area (Å²) < 4.78 is 0. The number of nitrogens with one attached hydrogen (secondary N) is 1. The van der Waals surface area contributed by atoms with Crippen molar-refractivity contribution in [2.75, 3.05) is 36.4 Å². The average molecular weight is 386 g/mol. The molecule has 0 bridgehead atoms. The van der Waals surface area contributed by atoms with Crippen LogP contribution < -0.4 is 10.2 Å². The maximum Gasteiger partial charge on any atom is 0.233 e. The van der Waals surface area contributed by atoms with Gasteiger partial charge >= 0.3 is 0 Å². The van der Waals surface area contributed by atoms with E-state index in [1.54, 1.807) is 4.90 Å². The number of aryl methyl sites for hydroxylation is 2. The highest BCUT2D eigenvalue weighted by molar-refractivity contribution is 6.30. The second kappa shape index (κ2) is 8.44. The Morgan fingerprint density at radius 2 is 1.78 bits per heavy atom. The van der Waals surface area contributed by atoms with Gasteiger partial charge in [0.2, 0.25) is 11.8 Å². The van der Waals surface area contributed by atoms with E-state index in [1.165, 1.54) is 0 Å². The van der Waals surface area contributed by atoms with Crippen molar-refractivity contribution in [2.45, 2.75) is 20.3 Å². The number of amides is 2. The number of benzene rings is 2. The molecule has 1 aliphatic rings. The Morgan fingerprint density at radius 1 is 1.04 bits per heavy atom. The third-order valence-electron chi connectivity index (χ3n) is 4.78. The van der Waals surface area contributed by atoms with Gasteiger partial charge in [0.15, 0.2) is 0 Å². The molecule has 142 valence electrons. The first kappa shape index (κ1) is 19.2. The van der Waals surface area contributed by atoms with Gasteiger partial charge < -0.3 is 15.1 Å². The lowest BCUT2D eigenvalue weighted by Crippen LogP contribution is -2.49. The van der Waals surface area contributed by atoms with Gasteiger partial charge in [-0.3, -0.25) is 9.59 Å². The normalized spacial score (nSPS) is 14.2. The van der Waals surface area contributed by atoms with E-state index in [4.69, 9.17) is 11.6 Å². The number of anilines is 2. The molecule has 1 aliphatic heterocycles. The van der Waals surface area contributed by atoms with E-state index in [0.717, 1.165) is 35.6 Å². The lowest BCUT2D eigenvalue weighted by atomic mass is 10.1.